The van der Waals surface area contributed by atoms with E-state index < -0.39 is 0 Å². The molecule has 190 valence electrons. The number of amides is 2. The zero-order chi connectivity index (χ0) is 25.7. The van der Waals surface area contributed by atoms with Crippen LogP contribution in [0.3, 0.4) is 0 Å². The van der Waals surface area contributed by atoms with Crippen molar-refractivity contribution in [3.05, 3.63) is 65.0 Å². The Balaban J connectivity index is 1.25. The minimum atomic E-state index is -0.250. The zero-order valence-corrected chi connectivity index (χ0v) is 21.6. The molecule has 10 nitrogen and oxygen atoms in total. The number of nitrogens with zero attached hydrogens (tertiary/aromatic N) is 6. The van der Waals surface area contributed by atoms with Gasteiger partial charge in [-0.15, -0.1) is 4.59 Å². The number of carbonyl (C=O) groups excluding carboxylic acids is 2. The Bertz CT molecular complexity index is 1390. The second kappa shape index (κ2) is 9.09. The maximum absolute atomic E-state index is 12.8. The van der Waals surface area contributed by atoms with Gasteiger partial charge in [-0.05, 0) is 43.5 Å². The lowest BCUT2D eigenvalue weighted by molar-refractivity contribution is -0.750. The first-order valence-corrected chi connectivity index (χ1v) is 13.4. The Labute approximate surface area is 219 Å². The van der Waals surface area contributed by atoms with Crippen LogP contribution in [0.1, 0.15) is 67.2 Å². The summed E-state index contributed by atoms with van der Waals surface area (Å²) in [4.78, 5) is 41.0. The van der Waals surface area contributed by atoms with Crippen LogP contribution in [0, 0.1) is 5.92 Å². The Hall–Kier alpha value is -3.54. The Morgan fingerprint density at radius 1 is 1.22 bits per heavy atom. The van der Waals surface area contributed by atoms with Crippen LogP contribution < -0.4 is 11.2 Å². The summed E-state index contributed by atoms with van der Waals surface area (Å²) in [7, 11) is 0. The van der Waals surface area contributed by atoms with Crippen LogP contribution in [0.25, 0.3) is 0 Å². The molecule has 0 bridgehead atoms. The number of benzene rings is 1. The van der Waals surface area contributed by atoms with Gasteiger partial charge in [-0.3, -0.25) is 19.9 Å². The Morgan fingerprint density at radius 3 is 2.78 bits per heavy atom. The van der Waals surface area contributed by atoms with E-state index in [2.05, 4.69) is 19.7 Å². The molecule has 5 heterocycles. The smallest absolute Gasteiger partial charge is 0.264 e. The monoisotopic (exact) mass is 517 g/mol. The van der Waals surface area contributed by atoms with Gasteiger partial charge in [0.1, 0.15) is 17.7 Å². The first-order chi connectivity index (χ1) is 17.8. The number of allylic oxidation sites excluding steroid dienone is 1. The lowest BCUT2D eigenvalue weighted by atomic mass is 9.90. The van der Waals surface area contributed by atoms with Gasteiger partial charge in [-0.25, -0.2) is 4.98 Å². The quantitative estimate of drug-likeness (QED) is 0.464. The molecule has 0 radical (unpaired) electrons. The van der Waals surface area contributed by atoms with Gasteiger partial charge in [-0.2, -0.15) is 15.2 Å². The lowest BCUT2D eigenvalue weighted by Crippen LogP contribution is -2.53. The number of aliphatic imine (C=N–C) groups is 2. The first kappa shape index (κ1) is 23.8. The predicted octanol–water partition coefficient (Wildman–Crippen LogP) is 3.53. The van der Waals surface area contributed by atoms with Gasteiger partial charge >= 0.3 is 0 Å². The van der Waals surface area contributed by atoms with Crippen LogP contribution in [0.2, 0.25) is 0 Å². The fourth-order valence-corrected chi connectivity index (χ4v) is 6.16. The summed E-state index contributed by atoms with van der Waals surface area (Å²) in [6.45, 7) is 4.69. The average Bonchev–Trinajstić information content (AvgIpc) is 3.60. The Kier molecular flexibility index (Phi) is 5.85. The summed E-state index contributed by atoms with van der Waals surface area (Å²) in [6, 6.07) is 7.60. The molecule has 37 heavy (non-hydrogen) atoms. The minimum Gasteiger partial charge on any atom is -0.339 e. The lowest BCUT2D eigenvalue weighted by Gasteiger charge is -2.35. The molecular weight excluding hydrogens is 488 g/mol. The van der Waals surface area contributed by atoms with Crippen LogP contribution >= 0.6 is 11.5 Å². The fourth-order valence-electron chi connectivity index (χ4n) is 5.46. The number of piperidine rings is 1. The van der Waals surface area contributed by atoms with Crippen molar-refractivity contribution >= 4 is 40.5 Å². The topological polar surface area (TPSA) is 126 Å². The standard InChI is InChI=1S/C26H28N8O2S/c1-15(2)23-30-26(37-32-23)31-25(36)17-5-3-16(4-6-17)24-29-22(20-13-28-11-12-34(20,24)27)18-7-8-19-9-10-21(35)33(19)14-18/h3-6,11-13,15,18-19H,7-10,14,27H2,1-2H3/p+1/t18-,19+,34?/m1/s1. The molecule has 2 saturated heterocycles. The van der Waals surface area contributed by atoms with Crippen molar-refractivity contribution in [2.45, 2.75) is 51.5 Å². The van der Waals surface area contributed by atoms with Gasteiger partial charge in [0.15, 0.2) is 0 Å². The summed E-state index contributed by atoms with van der Waals surface area (Å²) in [5, 5.41) is 3.30. The van der Waals surface area contributed by atoms with Gasteiger partial charge in [-0.1, -0.05) is 13.8 Å². The number of carbonyl (C=O) groups is 2. The van der Waals surface area contributed by atoms with Crippen LogP contribution in [0.5, 0.6) is 0 Å². The third-order valence-electron chi connectivity index (χ3n) is 7.51. The van der Waals surface area contributed by atoms with E-state index in [0.717, 1.165) is 36.2 Å². The Morgan fingerprint density at radius 2 is 2.03 bits per heavy atom. The number of aromatic nitrogens is 2. The maximum Gasteiger partial charge on any atom is 0.264 e. The van der Waals surface area contributed by atoms with Gasteiger partial charge in [0, 0.05) is 47.9 Å². The van der Waals surface area contributed by atoms with E-state index >= 15 is 0 Å². The van der Waals surface area contributed by atoms with Crippen molar-refractivity contribution in [3.63, 3.8) is 0 Å². The minimum absolute atomic E-state index is 0.0823. The van der Waals surface area contributed by atoms with Gasteiger partial charge in [0.25, 0.3) is 11.7 Å². The molecular formula is C26H29N8O2S+. The highest BCUT2D eigenvalue weighted by Crippen LogP contribution is 2.40. The number of fused-ring (bicyclic) bond motifs is 2. The molecule has 6 rings (SSSR count). The summed E-state index contributed by atoms with van der Waals surface area (Å²) in [5.74, 6) is 8.56. The molecule has 3 atom stereocenters. The van der Waals surface area contributed by atoms with E-state index in [-0.39, 0.29) is 28.2 Å². The van der Waals surface area contributed by atoms with Crippen molar-refractivity contribution in [2.75, 3.05) is 11.9 Å². The zero-order valence-electron chi connectivity index (χ0n) is 20.8. The van der Waals surface area contributed by atoms with Crippen molar-refractivity contribution in [1.82, 2.24) is 14.3 Å². The molecule has 4 aliphatic heterocycles. The van der Waals surface area contributed by atoms with Crippen LogP contribution in [-0.2, 0) is 4.79 Å². The largest absolute Gasteiger partial charge is 0.339 e. The molecule has 2 amide bonds. The van der Waals surface area contributed by atoms with Crippen molar-refractivity contribution in [1.29, 1.82) is 0 Å². The molecule has 1 unspecified atom stereocenters. The molecule has 0 aliphatic carbocycles. The molecule has 2 aromatic rings. The third-order valence-corrected chi connectivity index (χ3v) is 8.16. The van der Waals surface area contributed by atoms with E-state index in [1.165, 1.54) is 11.5 Å². The number of nitrogens with two attached hydrogens (primary N) is 1. The molecule has 1 aromatic heterocycles. The highest BCUT2D eigenvalue weighted by molar-refractivity contribution is 7.09. The summed E-state index contributed by atoms with van der Waals surface area (Å²) in [6.07, 6.45) is 8.80. The van der Waals surface area contributed by atoms with E-state index in [1.54, 1.807) is 24.5 Å². The van der Waals surface area contributed by atoms with Crippen LogP contribution in [-0.4, -0.2) is 55.3 Å². The van der Waals surface area contributed by atoms with Gasteiger partial charge in [0.2, 0.25) is 16.7 Å². The molecule has 11 heteroatoms. The number of hydrogen-bond acceptors (Lipinski definition) is 8. The number of quaternary nitrogens is 1. The van der Waals surface area contributed by atoms with E-state index in [0.29, 0.717) is 41.4 Å². The maximum atomic E-state index is 12.8. The molecule has 2 fully saturated rings. The number of rotatable bonds is 5. The number of amidine groups is 1. The number of anilines is 1. The molecule has 4 aliphatic rings. The normalized spacial score (nSPS) is 26.5. The van der Waals surface area contributed by atoms with E-state index in [4.69, 9.17) is 10.8 Å². The third kappa shape index (κ3) is 4.12. The highest BCUT2D eigenvalue weighted by atomic mass is 32.1. The van der Waals surface area contributed by atoms with Gasteiger partial charge in [0.05, 0.1) is 18.0 Å². The van der Waals surface area contributed by atoms with Crippen LogP contribution in [0.4, 0.5) is 5.13 Å². The summed E-state index contributed by atoms with van der Waals surface area (Å²) < 4.78 is 4.20. The number of hydrogen-bond donors (Lipinski definition) is 2. The highest BCUT2D eigenvalue weighted by Gasteiger charge is 2.47. The molecule has 0 saturated carbocycles. The molecule has 0 spiro atoms. The number of nitrogens with one attached hydrogen (secondary N) is 1. The SMILES string of the molecule is CC(C)c1nsc(NC(=O)c2ccc(C3=NC([C@@H]4CC[C@H]5CCC(=O)N5C4)=C4C=NC=C[N+]34N)cc2)n1. The summed E-state index contributed by atoms with van der Waals surface area (Å²) >= 11 is 1.17. The molecule has 3 N–H and O–H groups in total. The fraction of sp³-hybridized carbons (Fsp3) is 0.385. The van der Waals surface area contributed by atoms with Crippen molar-refractivity contribution in [3.8, 4) is 0 Å². The first-order valence-electron chi connectivity index (χ1n) is 12.6. The second-order valence-corrected chi connectivity index (χ2v) is 11.0. The van der Waals surface area contributed by atoms with Crippen molar-refractivity contribution < 1.29 is 14.2 Å². The summed E-state index contributed by atoms with van der Waals surface area (Å²) in [5.41, 5.74) is 3.03. The average molecular weight is 518 g/mol. The van der Waals surface area contributed by atoms with Crippen molar-refractivity contribution in [2.24, 2.45) is 21.7 Å². The van der Waals surface area contributed by atoms with E-state index in [1.807, 2.05) is 37.1 Å². The molecule has 1 aromatic carbocycles. The van der Waals surface area contributed by atoms with Crippen LogP contribution in [0.15, 0.2) is 58.0 Å². The van der Waals surface area contributed by atoms with Gasteiger partial charge < -0.3 is 4.90 Å². The second-order valence-electron chi connectivity index (χ2n) is 10.2. The predicted molar refractivity (Wildman–Crippen MR) is 141 cm³/mol. The van der Waals surface area contributed by atoms with E-state index in [9.17, 15) is 9.59 Å².